The number of sulfonamides is 1. The Labute approximate surface area is 186 Å². The fourth-order valence-corrected chi connectivity index (χ4v) is 4.44. The Bertz CT molecular complexity index is 1090. The number of amides is 1. The topological polar surface area (TPSA) is 66.5 Å². The van der Waals surface area contributed by atoms with E-state index in [2.05, 4.69) is 5.32 Å². The predicted molar refractivity (Wildman–Crippen MR) is 119 cm³/mol. The number of benzene rings is 3. The maximum Gasteiger partial charge on any atom is 0.243 e. The zero-order valence-electron chi connectivity index (χ0n) is 16.0. The van der Waals surface area contributed by atoms with E-state index in [0.717, 1.165) is 15.4 Å². The molecule has 0 heterocycles. The third-order valence-electron chi connectivity index (χ3n) is 4.38. The average Bonchev–Trinajstić information content (AvgIpc) is 2.75. The first-order valence-corrected chi connectivity index (χ1v) is 11.3. The van der Waals surface area contributed by atoms with Crippen LogP contribution < -0.4 is 5.32 Å². The van der Waals surface area contributed by atoms with Crippen LogP contribution in [-0.4, -0.2) is 25.2 Å². The molecule has 5 nitrogen and oxygen atoms in total. The number of carbonyl (C=O) groups is 1. The third-order valence-corrected chi connectivity index (χ3v) is 6.69. The number of carbonyl (C=O) groups excluding carboxylic acids is 1. The molecule has 3 aromatic carbocycles. The lowest BCUT2D eigenvalue weighted by molar-refractivity contribution is -0.121. The van der Waals surface area contributed by atoms with Crippen molar-refractivity contribution >= 4 is 39.1 Å². The maximum absolute atomic E-state index is 13.2. The third kappa shape index (κ3) is 6.06. The van der Waals surface area contributed by atoms with E-state index in [4.69, 9.17) is 23.2 Å². The Balaban J connectivity index is 1.77. The van der Waals surface area contributed by atoms with E-state index in [9.17, 15) is 13.2 Å². The van der Waals surface area contributed by atoms with Gasteiger partial charge in [-0.3, -0.25) is 4.79 Å². The van der Waals surface area contributed by atoms with Gasteiger partial charge in [-0.1, -0.05) is 65.7 Å². The standard InChI is InChI=1S/C22H20Cl2N2O3S/c23-19-10-6-17(7-11-19)14-25-22(27)16-26(15-18-8-12-20(24)13-9-18)30(28,29)21-4-2-1-3-5-21/h1-13H,14-16H2,(H,25,27). The Kier molecular flexibility index (Phi) is 7.50. The molecule has 1 amide bonds. The smallest absolute Gasteiger partial charge is 0.243 e. The molecule has 156 valence electrons. The van der Waals surface area contributed by atoms with Gasteiger partial charge in [0.15, 0.2) is 0 Å². The molecule has 0 atom stereocenters. The van der Waals surface area contributed by atoms with E-state index < -0.39 is 15.9 Å². The van der Waals surface area contributed by atoms with Crippen molar-refractivity contribution in [3.05, 3.63) is 100 Å². The van der Waals surface area contributed by atoms with Crippen molar-refractivity contribution in [3.8, 4) is 0 Å². The van der Waals surface area contributed by atoms with Gasteiger partial charge in [-0.05, 0) is 47.5 Å². The summed E-state index contributed by atoms with van der Waals surface area (Å²) in [5.41, 5.74) is 1.59. The molecule has 0 aliphatic rings. The van der Waals surface area contributed by atoms with Gasteiger partial charge in [0, 0.05) is 23.1 Å². The summed E-state index contributed by atoms with van der Waals surface area (Å²) in [6, 6.07) is 22.0. The summed E-state index contributed by atoms with van der Waals surface area (Å²) in [7, 11) is -3.87. The lowest BCUT2D eigenvalue weighted by Crippen LogP contribution is -2.40. The fraction of sp³-hybridized carbons (Fsp3) is 0.136. The highest BCUT2D eigenvalue weighted by Gasteiger charge is 2.26. The SMILES string of the molecule is O=C(CN(Cc1ccc(Cl)cc1)S(=O)(=O)c1ccccc1)NCc1ccc(Cl)cc1. The van der Waals surface area contributed by atoms with Gasteiger partial charge in [0.2, 0.25) is 15.9 Å². The minimum absolute atomic E-state index is 0.0444. The molecule has 30 heavy (non-hydrogen) atoms. The van der Waals surface area contributed by atoms with Crippen LogP contribution in [-0.2, 0) is 27.9 Å². The molecular weight excluding hydrogens is 443 g/mol. The largest absolute Gasteiger partial charge is 0.351 e. The van der Waals surface area contributed by atoms with Gasteiger partial charge in [0.1, 0.15) is 0 Å². The number of nitrogens with one attached hydrogen (secondary N) is 1. The highest BCUT2D eigenvalue weighted by Crippen LogP contribution is 2.19. The quantitative estimate of drug-likeness (QED) is 0.535. The first kappa shape index (κ1) is 22.3. The van der Waals surface area contributed by atoms with E-state index in [1.165, 1.54) is 12.1 Å². The van der Waals surface area contributed by atoms with E-state index in [0.29, 0.717) is 10.0 Å². The molecule has 3 rings (SSSR count). The summed E-state index contributed by atoms with van der Waals surface area (Å²) in [6.45, 7) is 0.00633. The van der Waals surface area contributed by atoms with Crippen LogP contribution >= 0.6 is 23.2 Å². The van der Waals surface area contributed by atoms with Crippen LogP contribution in [0.1, 0.15) is 11.1 Å². The Morgan fingerprint density at radius 3 is 1.90 bits per heavy atom. The number of hydrogen-bond acceptors (Lipinski definition) is 3. The molecule has 0 spiro atoms. The zero-order chi connectivity index (χ0) is 21.6. The Morgan fingerprint density at radius 2 is 1.33 bits per heavy atom. The van der Waals surface area contributed by atoms with Crippen molar-refractivity contribution in [3.63, 3.8) is 0 Å². The summed E-state index contributed by atoms with van der Waals surface area (Å²) in [5, 5.41) is 3.92. The molecule has 0 radical (unpaired) electrons. The normalized spacial score (nSPS) is 11.4. The molecule has 0 bridgehead atoms. The lowest BCUT2D eigenvalue weighted by Gasteiger charge is -2.22. The van der Waals surface area contributed by atoms with Crippen LogP contribution in [0.4, 0.5) is 0 Å². The highest BCUT2D eigenvalue weighted by molar-refractivity contribution is 7.89. The van der Waals surface area contributed by atoms with Crippen molar-refractivity contribution < 1.29 is 13.2 Å². The Hall–Kier alpha value is -2.38. The molecule has 0 saturated heterocycles. The lowest BCUT2D eigenvalue weighted by atomic mass is 10.2. The van der Waals surface area contributed by atoms with Gasteiger partial charge >= 0.3 is 0 Å². The van der Waals surface area contributed by atoms with Crippen LogP contribution in [0.2, 0.25) is 10.0 Å². The molecule has 3 aromatic rings. The van der Waals surface area contributed by atoms with Crippen molar-refractivity contribution in [2.24, 2.45) is 0 Å². The van der Waals surface area contributed by atoms with Crippen LogP contribution in [0.5, 0.6) is 0 Å². The summed E-state index contributed by atoms with van der Waals surface area (Å²) in [6.07, 6.45) is 0. The van der Waals surface area contributed by atoms with Gasteiger partial charge in [0.25, 0.3) is 0 Å². The van der Waals surface area contributed by atoms with Gasteiger partial charge < -0.3 is 5.32 Å². The second-order valence-electron chi connectivity index (χ2n) is 6.62. The minimum Gasteiger partial charge on any atom is -0.351 e. The summed E-state index contributed by atoms with van der Waals surface area (Å²) >= 11 is 11.8. The Morgan fingerprint density at radius 1 is 0.800 bits per heavy atom. The second-order valence-corrected chi connectivity index (χ2v) is 9.43. The molecule has 0 aliphatic carbocycles. The maximum atomic E-state index is 13.2. The van der Waals surface area contributed by atoms with E-state index in [1.807, 2.05) is 0 Å². The molecule has 0 saturated carbocycles. The van der Waals surface area contributed by atoms with Crippen LogP contribution in [0, 0.1) is 0 Å². The number of halogens is 2. The zero-order valence-corrected chi connectivity index (χ0v) is 18.3. The number of hydrogen-bond donors (Lipinski definition) is 1. The average molecular weight is 463 g/mol. The van der Waals surface area contributed by atoms with E-state index in [-0.39, 0.29) is 24.5 Å². The second kappa shape index (κ2) is 10.1. The number of nitrogens with zero attached hydrogens (tertiary/aromatic N) is 1. The molecule has 0 aromatic heterocycles. The summed E-state index contributed by atoms with van der Waals surface area (Å²) in [4.78, 5) is 12.7. The van der Waals surface area contributed by atoms with Gasteiger partial charge in [-0.2, -0.15) is 4.31 Å². The monoisotopic (exact) mass is 462 g/mol. The summed E-state index contributed by atoms with van der Waals surface area (Å²) in [5.74, 6) is -0.404. The molecule has 1 N–H and O–H groups in total. The van der Waals surface area contributed by atoms with Crippen molar-refractivity contribution in [1.29, 1.82) is 0 Å². The van der Waals surface area contributed by atoms with Gasteiger partial charge in [0.05, 0.1) is 11.4 Å². The van der Waals surface area contributed by atoms with Crippen molar-refractivity contribution in [2.45, 2.75) is 18.0 Å². The minimum atomic E-state index is -3.87. The molecule has 0 unspecified atom stereocenters. The van der Waals surface area contributed by atoms with Gasteiger partial charge in [-0.25, -0.2) is 8.42 Å². The molecule has 0 aliphatic heterocycles. The van der Waals surface area contributed by atoms with Crippen LogP contribution in [0.3, 0.4) is 0 Å². The van der Waals surface area contributed by atoms with Crippen LogP contribution in [0.15, 0.2) is 83.8 Å². The highest BCUT2D eigenvalue weighted by atomic mass is 35.5. The van der Waals surface area contributed by atoms with Crippen LogP contribution in [0.25, 0.3) is 0 Å². The first-order chi connectivity index (χ1) is 14.3. The fourth-order valence-electron chi connectivity index (χ4n) is 2.78. The molecular formula is C22H20Cl2N2O3S. The molecule has 8 heteroatoms. The first-order valence-electron chi connectivity index (χ1n) is 9.15. The van der Waals surface area contributed by atoms with Gasteiger partial charge in [-0.15, -0.1) is 0 Å². The predicted octanol–water partition coefficient (Wildman–Crippen LogP) is 4.50. The summed E-state index contributed by atoms with van der Waals surface area (Å²) < 4.78 is 27.5. The number of rotatable bonds is 8. The van der Waals surface area contributed by atoms with Crippen molar-refractivity contribution in [1.82, 2.24) is 9.62 Å². The van der Waals surface area contributed by atoms with E-state index >= 15 is 0 Å². The molecule has 0 fully saturated rings. The van der Waals surface area contributed by atoms with E-state index in [1.54, 1.807) is 66.7 Å². The van der Waals surface area contributed by atoms with Crippen molar-refractivity contribution in [2.75, 3.05) is 6.54 Å².